The number of fused-ring (bicyclic) bond motifs is 4. The van der Waals surface area contributed by atoms with E-state index in [9.17, 15) is 34.5 Å². The van der Waals surface area contributed by atoms with E-state index in [0.717, 1.165) is 16.5 Å². The molecule has 4 heterocycles. The summed E-state index contributed by atoms with van der Waals surface area (Å²) in [6.45, 7) is 7.15. The Balaban J connectivity index is 1.42. The third kappa shape index (κ3) is 4.64. The number of aromatic nitrogens is 2. The van der Waals surface area contributed by atoms with Crippen molar-refractivity contribution >= 4 is 28.9 Å². The van der Waals surface area contributed by atoms with Crippen molar-refractivity contribution in [2.45, 2.75) is 46.3 Å². The van der Waals surface area contributed by atoms with Crippen LogP contribution in [-0.2, 0) is 33.9 Å². The Morgan fingerprint density at radius 3 is 2.37 bits per heavy atom. The highest BCUT2D eigenvalue weighted by molar-refractivity contribution is 5.98. The second kappa shape index (κ2) is 10.3. The van der Waals surface area contributed by atoms with Gasteiger partial charge in [0.05, 0.1) is 29.0 Å². The number of pyridine rings is 2. The summed E-state index contributed by atoms with van der Waals surface area (Å²) in [5, 5.41) is 28.9. The maximum atomic E-state index is 13.3. The number of carboxylic acid groups (broad SMARTS) is 2. The number of carboxylic acids is 2. The van der Waals surface area contributed by atoms with Crippen molar-refractivity contribution in [1.29, 1.82) is 0 Å². The van der Waals surface area contributed by atoms with E-state index in [4.69, 9.17) is 14.5 Å². The van der Waals surface area contributed by atoms with Gasteiger partial charge in [-0.1, -0.05) is 6.92 Å². The molecule has 3 N–H and O–H groups in total. The summed E-state index contributed by atoms with van der Waals surface area (Å²) in [5.41, 5.74) is 2.85. The number of nitrogens with zero attached hydrogens (tertiary/aromatic N) is 3. The number of carbonyl (C=O) groups is 3. The second-order valence-electron chi connectivity index (χ2n) is 10.3. The lowest BCUT2D eigenvalue weighted by Gasteiger charge is -2.35. The molecule has 5 rings (SSSR count). The minimum absolute atomic E-state index is 0.0633. The van der Waals surface area contributed by atoms with Crippen LogP contribution in [0.1, 0.15) is 42.0 Å². The normalized spacial score (nSPS) is 15.2. The van der Waals surface area contributed by atoms with Crippen LogP contribution in [0.2, 0.25) is 0 Å². The Morgan fingerprint density at radius 1 is 1.07 bits per heavy atom. The van der Waals surface area contributed by atoms with Gasteiger partial charge in [0.1, 0.15) is 12.4 Å². The van der Waals surface area contributed by atoms with Crippen molar-refractivity contribution in [1.82, 2.24) is 14.5 Å². The average Bonchev–Trinajstić information content (AvgIpc) is 3.29. The van der Waals surface area contributed by atoms with Gasteiger partial charge in [-0.3, -0.25) is 14.4 Å². The van der Waals surface area contributed by atoms with E-state index in [1.807, 2.05) is 13.0 Å². The highest BCUT2D eigenvalue weighted by Gasteiger charge is 2.49. The average molecular weight is 564 g/mol. The molecule has 2 aromatic heterocycles. The quantitative estimate of drug-likeness (QED) is 0.223. The summed E-state index contributed by atoms with van der Waals surface area (Å²) in [7, 11) is 0. The maximum Gasteiger partial charge on any atom is 0.415 e. The first-order valence-corrected chi connectivity index (χ1v) is 13.1. The van der Waals surface area contributed by atoms with Gasteiger partial charge in [0.25, 0.3) is 11.5 Å². The third-order valence-electron chi connectivity index (χ3n) is 7.99. The van der Waals surface area contributed by atoms with Gasteiger partial charge in [-0.2, -0.15) is 0 Å². The van der Waals surface area contributed by atoms with Gasteiger partial charge in [-0.25, -0.2) is 9.78 Å². The molecule has 1 saturated heterocycles. The molecule has 0 bridgehead atoms. The number of ether oxygens (including phenoxy) is 2. The number of likely N-dealkylation sites (tertiary alicyclic amines) is 1. The standard InChI is InChI=1S/C29H29N3O9/c1-4-18-19-12-17(41-28(39)31-9-7-29(8-10-31,26(35)36)27(37)38)5-6-22(19)30-24-20(18)13-32-23(24)11-15(2)21(25(32)34)14-40-16(3)33/h5-6,11-12,33H,3-4,7-10,13-14H2,1-2H3,(H,35,36)(H,37,38). The fourth-order valence-corrected chi connectivity index (χ4v) is 5.61. The first-order valence-electron chi connectivity index (χ1n) is 13.1. The van der Waals surface area contributed by atoms with E-state index in [1.54, 1.807) is 29.7 Å². The van der Waals surface area contributed by atoms with Crippen LogP contribution < -0.4 is 10.3 Å². The molecule has 0 spiro atoms. The highest BCUT2D eigenvalue weighted by atomic mass is 16.6. The van der Waals surface area contributed by atoms with E-state index in [1.165, 1.54) is 4.90 Å². The van der Waals surface area contributed by atoms with E-state index in [-0.39, 0.29) is 43.8 Å². The molecule has 0 saturated carbocycles. The zero-order valence-corrected chi connectivity index (χ0v) is 22.6. The summed E-state index contributed by atoms with van der Waals surface area (Å²) in [6.07, 6.45) is -0.514. The maximum absolute atomic E-state index is 13.3. The van der Waals surface area contributed by atoms with Crippen molar-refractivity contribution in [2.24, 2.45) is 5.41 Å². The lowest BCUT2D eigenvalue weighted by molar-refractivity contribution is -0.168. The largest absolute Gasteiger partial charge is 0.481 e. The summed E-state index contributed by atoms with van der Waals surface area (Å²) in [6, 6.07) is 6.93. The Bertz CT molecular complexity index is 1670. The number of hydrogen-bond donors (Lipinski definition) is 3. The lowest BCUT2D eigenvalue weighted by atomic mass is 9.78. The third-order valence-corrected chi connectivity index (χ3v) is 7.99. The van der Waals surface area contributed by atoms with Crippen molar-refractivity contribution in [3.05, 3.63) is 69.4 Å². The number of hydrogen-bond acceptors (Lipinski definition) is 8. The predicted octanol–water partition coefficient (Wildman–Crippen LogP) is 3.59. The monoisotopic (exact) mass is 563 g/mol. The molecule has 0 aliphatic carbocycles. The first kappa shape index (κ1) is 27.7. The Morgan fingerprint density at radius 2 is 1.76 bits per heavy atom. The molecule has 0 unspecified atom stereocenters. The molecule has 2 aliphatic heterocycles. The number of rotatable bonds is 7. The van der Waals surface area contributed by atoms with E-state index in [0.29, 0.717) is 41.0 Å². The molecule has 12 heteroatoms. The molecule has 12 nitrogen and oxygen atoms in total. The molecular weight excluding hydrogens is 534 g/mol. The number of carbonyl (C=O) groups excluding carboxylic acids is 1. The number of aryl methyl sites for hydroxylation is 2. The summed E-state index contributed by atoms with van der Waals surface area (Å²) >= 11 is 0. The van der Waals surface area contributed by atoms with Crippen LogP contribution in [0.25, 0.3) is 22.3 Å². The zero-order valence-electron chi connectivity index (χ0n) is 22.6. The van der Waals surface area contributed by atoms with Crippen LogP contribution >= 0.6 is 0 Å². The summed E-state index contributed by atoms with van der Waals surface area (Å²) < 4.78 is 12.3. The first-order chi connectivity index (χ1) is 19.5. The number of benzene rings is 1. The lowest BCUT2D eigenvalue weighted by Crippen LogP contribution is -2.51. The van der Waals surface area contributed by atoms with Gasteiger partial charge in [0.2, 0.25) is 0 Å². The Labute approximate surface area is 234 Å². The number of aliphatic hydroxyl groups is 1. The van der Waals surface area contributed by atoms with Crippen LogP contribution in [0.5, 0.6) is 5.75 Å². The summed E-state index contributed by atoms with van der Waals surface area (Å²) in [5.74, 6) is -3.04. The molecule has 1 fully saturated rings. The van der Waals surface area contributed by atoms with Crippen LogP contribution in [0.4, 0.5) is 4.79 Å². The Kier molecular flexibility index (Phi) is 6.93. The minimum atomic E-state index is -1.92. The predicted molar refractivity (Wildman–Crippen MR) is 146 cm³/mol. The van der Waals surface area contributed by atoms with Gasteiger partial charge in [-0.15, -0.1) is 0 Å². The second-order valence-corrected chi connectivity index (χ2v) is 10.3. The topological polar surface area (TPSA) is 168 Å². The van der Waals surface area contributed by atoms with E-state index >= 15 is 0 Å². The molecule has 1 amide bonds. The van der Waals surface area contributed by atoms with Crippen molar-refractivity contribution in [3.8, 4) is 17.1 Å². The zero-order chi connectivity index (χ0) is 29.6. The van der Waals surface area contributed by atoms with E-state index in [2.05, 4.69) is 6.58 Å². The summed E-state index contributed by atoms with van der Waals surface area (Å²) in [4.78, 5) is 55.5. The molecule has 41 heavy (non-hydrogen) atoms. The van der Waals surface area contributed by atoms with Gasteiger partial charge < -0.3 is 34.3 Å². The van der Waals surface area contributed by atoms with Crippen molar-refractivity contribution < 1.29 is 39.2 Å². The van der Waals surface area contributed by atoms with E-state index < -0.39 is 29.4 Å². The molecule has 2 aliphatic rings. The van der Waals surface area contributed by atoms with Crippen LogP contribution in [0, 0.1) is 12.3 Å². The molecular formula is C29H29N3O9. The molecule has 3 aromatic rings. The molecule has 0 atom stereocenters. The minimum Gasteiger partial charge on any atom is -0.481 e. The number of aliphatic carboxylic acids is 2. The van der Waals surface area contributed by atoms with Gasteiger partial charge in [0.15, 0.2) is 5.41 Å². The SMILES string of the molecule is C=C(O)OCc1c(C)cc2n(c1=O)Cc1c-2nc2ccc(OC(=O)N3CCC(C(=O)O)(C(=O)O)CC3)cc2c1CC. The fraction of sp³-hybridized carbons (Fsp3) is 0.345. The van der Waals surface area contributed by atoms with Crippen molar-refractivity contribution in [2.75, 3.05) is 13.1 Å². The van der Waals surface area contributed by atoms with Gasteiger partial charge in [-0.05, 0) is 68.2 Å². The fourth-order valence-electron chi connectivity index (χ4n) is 5.61. The highest BCUT2D eigenvalue weighted by Crippen LogP contribution is 2.38. The number of aliphatic hydroxyl groups excluding tert-OH is 1. The van der Waals surface area contributed by atoms with Gasteiger partial charge >= 0.3 is 18.0 Å². The number of piperidine rings is 1. The van der Waals surface area contributed by atoms with Crippen LogP contribution in [0.15, 0.2) is 41.6 Å². The van der Waals surface area contributed by atoms with Crippen LogP contribution in [-0.4, -0.2) is 60.9 Å². The smallest absolute Gasteiger partial charge is 0.415 e. The van der Waals surface area contributed by atoms with Crippen LogP contribution in [0.3, 0.4) is 0 Å². The Hall–Kier alpha value is -4.87. The number of amides is 1. The van der Waals surface area contributed by atoms with Crippen molar-refractivity contribution in [3.63, 3.8) is 0 Å². The molecule has 214 valence electrons. The molecule has 0 radical (unpaired) electrons. The van der Waals surface area contributed by atoms with Gasteiger partial charge in [0, 0.05) is 24.0 Å². The molecule has 1 aromatic carbocycles.